The van der Waals surface area contributed by atoms with Gasteiger partial charge in [0.05, 0.1) is 5.92 Å². The fourth-order valence-electron chi connectivity index (χ4n) is 1.53. The molecule has 0 fully saturated rings. The first-order chi connectivity index (χ1) is 7.35. The van der Waals surface area contributed by atoms with Crippen molar-refractivity contribution in [2.24, 2.45) is 17.6 Å². The summed E-state index contributed by atoms with van der Waals surface area (Å²) in [5.74, 6) is -0.983. The van der Waals surface area contributed by atoms with Gasteiger partial charge in [0, 0.05) is 19.6 Å². The lowest BCUT2D eigenvalue weighted by Crippen LogP contribution is -2.42. The van der Waals surface area contributed by atoms with Crippen LogP contribution < -0.4 is 5.73 Å². The Hall–Kier alpha value is -0.290. The van der Waals surface area contributed by atoms with Crippen LogP contribution in [0, 0.1) is 11.8 Å². The minimum Gasteiger partial charge on any atom is -0.330 e. The van der Waals surface area contributed by atoms with Gasteiger partial charge in [0.25, 0.3) is 0 Å². The summed E-state index contributed by atoms with van der Waals surface area (Å²) in [5, 5.41) is 0. The Morgan fingerprint density at radius 3 is 2.06 bits per heavy atom. The summed E-state index contributed by atoms with van der Waals surface area (Å²) in [6.45, 7) is 7.00. The molecular weight excluding hydrogens is 217 g/mol. The van der Waals surface area contributed by atoms with Gasteiger partial charge in [-0.1, -0.05) is 27.2 Å². The van der Waals surface area contributed by atoms with E-state index in [0.29, 0.717) is 19.0 Å². The van der Waals surface area contributed by atoms with Gasteiger partial charge >= 0.3 is 6.18 Å². The molecule has 98 valence electrons. The third-order valence-electron chi connectivity index (χ3n) is 2.94. The van der Waals surface area contributed by atoms with Gasteiger partial charge in [-0.15, -0.1) is 0 Å². The molecule has 2 unspecified atom stereocenters. The highest BCUT2D eigenvalue weighted by molar-refractivity contribution is 4.73. The van der Waals surface area contributed by atoms with Crippen molar-refractivity contribution in [3.05, 3.63) is 0 Å². The first kappa shape index (κ1) is 15.7. The van der Waals surface area contributed by atoms with E-state index in [1.165, 1.54) is 0 Å². The predicted molar refractivity (Wildman–Crippen MR) is 60.2 cm³/mol. The van der Waals surface area contributed by atoms with Gasteiger partial charge in [-0.05, 0) is 12.5 Å². The van der Waals surface area contributed by atoms with Gasteiger partial charge in [-0.25, -0.2) is 0 Å². The highest BCUT2D eigenvalue weighted by atomic mass is 19.4. The lowest BCUT2D eigenvalue weighted by Gasteiger charge is -2.28. The zero-order valence-electron chi connectivity index (χ0n) is 10.3. The Morgan fingerprint density at radius 1 is 1.19 bits per heavy atom. The number of nitrogens with two attached hydrogens (primary N) is 1. The molecule has 2 atom stereocenters. The van der Waals surface area contributed by atoms with E-state index in [-0.39, 0.29) is 13.1 Å². The molecular formula is C11H23F3N2. The Kier molecular flexibility index (Phi) is 6.99. The lowest BCUT2D eigenvalue weighted by atomic mass is 10.1. The number of halogens is 3. The van der Waals surface area contributed by atoms with Crippen LogP contribution in [0.15, 0.2) is 0 Å². The minimum absolute atomic E-state index is 0.0147. The number of nitrogens with zero attached hydrogens (tertiary/aromatic N) is 1. The van der Waals surface area contributed by atoms with Gasteiger partial charge in [0.15, 0.2) is 0 Å². The summed E-state index contributed by atoms with van der Waals surface area (Å²) in [7, 11) is 0. The molecule has 0 radical (unpaired) electrons. The van der Waals surface area contributed by atoms with Gasteiger partial charge in [0.2, 0.25) is 0 Å². The Morgan fingerprint density at radius 2 is 1.75 bits per heavy atom. The topological polar surface area (TPSA) is 29.3 Å². The minimum atomic E-state index is -4.18. The van der Waals surface area contributed by atoms with E-state index >= 15 is 0 Å². The van der Waals surface area contributed by atoms with Gasteiger partial charge in [-0.2, -0.15) is 13.2 Å². The van der Waals surface area contributed by atoms with E-state index in [4.69, 9.17) is 5.73 Å². The van der Waals surface area contributed by atoms with Crippen molar-refractivity contribution >= 4 is 0 Å². The third kappa shape index (κ3) is 5.70. The summed E-state index contributed by atoms with van der Waals surface area (Å²) >= 11 is 0. The molecule has 0 heterocycles. The molecule has 2 nitrogen and oxygen atoms in total. The molecule has 0 rings (SSSR count). The first-order valence-corrected chi connectivity index (χ1v) is 5.84. The maximum Gasteiger partial charge on any atom is 0.394 e. The molecule has 2 N–H and O–H groups in total. The molecule has 16 heavy (non-hydrogen) atoms. The highest BCUT2D eigenvalue weighted by Crippen LogP contribution is 2.26. The molecule has 5 heteroatoms. The van der Waals surface area contributed by atoms with Crippen molar-refractivity contribution in [1.29, 1.82) is 0 Å². The summed E-state index contributed by atoms with van der Waals surface area (Å²) in [6.07, 6.45) is -3.20. The zero-order chi connectivity index (χ0) is 12.8. The van der Waals surface area contributed by atoms with Crippen LogP contribution in [-0.4, -0.2) is 37.3 Å². The van der Waals surface area contributed by atoms with Crippen LogP contribution in [0.3, 0.4) is 0 Å². The normalized spacial score (nSPS) is 16.5. The Labute approximate surface area is 96.0 Å². The van der Waals surface area contributed by atoms with E-state index in [1.54, 1.807) is 0 Å². The summed E-state index contributed by atoms with van der Waals surface area (Å²) < 4.78 is 37.6. The van der Waals surface area contributed by atoms with Crippen LogP contribution in [0.2, 0.25) is 0 Å². The molecule has 0 aliphatic heterocycles. The van der Waals surface area contributed by atoms with E-state index in [9.17, 15) is 13.2 Å². The Bertz CT molecular complexity index is 183. The van der Waals surface area contributed by atoms with Crippen LogP contribution in [0.5, 0.6) is 0 Å². The quantitative estimate of drug-likeness (QED) is 0.740. The monoisotopic (exact) mass is 240 g/mol. The van der Waals surface area contributed by atoms with Crippen molar-refractivity contribution < 1.29 is 13.2 Å². The van der Waals surface area contributed by atoms with E-state index in [2.05, 4.69) is 0 Å². The summed E-state index contributed by atoms with van der Waals surface area (Å²) in [5.41, 5.74) is 5.18. The third-order valence-corrected chi connectivity index (χ3v) is 2.94. The van der Waals surface area contributed by atoms with Crippen LogP contribution in [0.25, 0.3) is 0 Å². The average Bonchev–Trinajstić information content (AvgIpc) is 2.21. The number of alkyl halides is 3. The molecule has 0 aromatic rings. The average molecular weight is 240 g/mol. The Balaban J connectivity index is 4.28. The molecule has 0 spiro atoms. The highest BCUT2D eigenvalue weighted by Gasteiger charge is 2.39. The van der Waals surface area contributed by atoms with Gasteiger partial charge < -0.3 is 10.6 Å². The number of hydrogen-bond donors (Lipinski definition) is 1. The molecule has 0 aliphatic carbocycles. The molecule has 0 aliphatic rings. The predicted octanol–water partition coefficient (Wildman–Crippen LogP) is 2.49. The van der Waals surface area contributed by atoms with Crippen molar-refractivity contribution in [3.8, 4) is 0 Å². The van der Waals surface area contributed by atoms with E-state index in [1.807, 2.05) is 25.7 Å². The maximum absolute atomic E-state index is 12.5. The standard InChI is InChI=1S/C11H23F3N2/c1-4-9(3)7-16(5-2)8-10(6-15)11(12,13)14/h9-10H,4-8,15H2,1-3H3. The maximum atomic E-state index is 12.5. The summed E-state index contributed by atoms with van der Waals surface area (Å²) in [6, 6.07) is 0. The second kappa shape index (κ2) is 7.12. The van der Waals surface area contributed by atoms with Crippen molar-refractivity contribution in [2.45, 2.75) is 33.4 Å². The van der Waals surface area contributed by atoms with Crippen molar-refractivity contribution in [2.75, 3.05) is 26.2 Å². The summed E-state index contributed by atoms with van der Waals surface area (Å²) in [4.78, 5) is 1.83. The van der Waals surface area contributed by atoms with Crippen LogP contribution in [-0.2, 0) is 0 Å². The van der Waals surface area contributed by atoms with Crippen molar-refractivity contribution in [3.63, 3.8) is 0 Å². The largest absolute Gasteiger partial charge is 0.394 e. The second-order valence-electron chi connectivity index (χ2n) is 4.34. The first-order valence-electron chi connectivity index (χ1n) is 5.84. The van der Waals surface area contributed by atoms with Crippen LogP contribution in [0.4, 0.5) is 13.2 Å². The van der Waals surface area contributed by atoms with Crippen LogP contribution >= 0.6 is 0 Å². The SMILES string of the molecule is CCC(C)CN(CC)CC(CN)C(F)(F)F. The zero-order valence-corrected chi connectivity index (χ0v) is 10.3. The fraction of sp³-hybridized carbons (Fsp3) is 1.00. The number of rotatable bonds is 7. The molecule has 0 bridgehead atoms. The van der Waals surface area contributed by atoms with E-state index < -0.39 is 12.1 Å². The second-order valence-corrected chi connectivity index (χ2v) is 4.34. The molecule has 0 saturated heterocycles. The van der Waals surface area contributed by atoms with Gasteiger partial charge in [-0.3, -0.25) is 0 Å². The number of hydrogen-bond acceptors (Lipinski definition) is 2. The molecule has 0 aromatic heterocycles. The molecule has 0 amide bonds. The lowest BCUT2D eigenvalue weighted by molar-refractivity contribution is -0.176. The molecule has 0 aromatic carbocycles. The van der Waals surface area contributed by atoms with Gasteiger partial charge in [0.1, 0.15) is 0 Å². The molecule has 0 saturated carbocycles. The smallest absolute Gasteiger partial charge is 0.330 e. The fourth-order valence-corrected chi connectivity index (χ4v) is 1.53. The van der Waals surface area contributed by atoms with Crippen molar-refractivity contribution in [1.82, 2.24) is 4.90 Å². The van der Waals surface area contributed by atoms with E-state index in [0.717, 1.165) is 6.42 Å². The van der Waals surface area contributed by atoms with Crippen LogP contribution in [0.1, 0.15) is 27.2 Å².